The number of hydrogen-bond donors (Lipinski definition) is 1. The van der Waals surface area contributed by atoms with Crippen LogP contribution in [0.25, 0.3) is 5.69 Å². The van der Waals surface area contributed by atoms with Crippen LogP contribution in [0.3, 0.4) is 0 Å². The monoisotopic (exact) mass is 493 g/mol. The van der Waals surface area contributed by atoms with Crippen LogP contribution in [-0.4, -0.2) is 63.9 Å². The SMILES string of the molecule is Cc1cc(C2C(c3ccccn3)NC(=S)N2CCCN2CCOCC2)c(C)n1-c1ccccc1F. The van der Waals surface area contributed by atoms with Crippen LogP contribution in [0.15, 0.2) is 54.7 Å². The Balaban J connectivity index is 1.48. The van der Waals surface area contributed by atoms with Gasteiger partial charge in [-0.2, -0.15) is 0 Å². The maximum absolute atomic E-state index is 14.8. The van der Waals surface area contributed by atoms with Gasteiger partial charge in [-0.3, -0.25) is 9.88 Å². The summed E-state index contributed by atoms with van der Waals surface area (Å²) in [5.41, 5.74) is 4.67. The summed E-state index contributed by atoms with van der Waals surface area (Å²) in [4.78, 5) is 9.40. The zero-order valence-corrected chi connectivity index (χ0v) is 21.1. The Morgan fingerprint density at radius 1 is 1.09 bits per heavy atom. The summed E-state index contributed by atoms with van der Waals surface area (Å²) in [6.45, 7) is 9.50. The minimum absolute atomic E-state index is 0.0335. The second-order valence-corrected chi connectivity index (χ2v) is 9.63. The lowest BCUT2D eigenvalue weighted by Crippen LogP contribution is -2.39. The van der Waals surface area contributed by atoms with Gasteiger partial charge in [-0.25, -0.2) is 4.39 Å². The van der Waals surface area contributed by atoms with E-state index in [1.807, 2.05) is 48.0 Å². The third-order valence-corrected chi connectivity index (χ3v) is 7.41. The van der Waals surface area contributed by atoms with Crippen molar-refractivity contribution in [2.75, 3.05) is 39.4 Å². The number of ether oxygens (including phenoxy) is 1. The number of thiocarbonyl (C=S) groups is 1. The van der Waals surface area contributed by atoms with Gasteiger partial charge in [0.25, 0.3) is 0 Å². The van der Waals surface area contributed by atoms with Crippen LogP contribution >= 0.6 is 12.2 Å². The molecule has 2 fully saturated rings. The summed E-state index contributed by atoms with van der Waals surface area (Å²) in [7, 11) is 0. The number of rotatable bonds is 7. The molecule has 2 unspecified atom stereocenters. The molecule has 4 heterocycles. The first kappa shape index (κ1) is 23.9. The number of nitrogens with zero attached hydrogens (tertiary/aromatic N) is 4. The molecule has 6 nitrogen and oxygen atoms in total. The molecule has 1 aromatic carbocycles. The summed E-state index contributed by atoms with van der Waals surface area (Å²) < 4.78 is 22.3. The van der Waals surface area contributed by atoms with E-state index in [9.17, 15) is 4.39 Å². The van der Waals surface area contributed by atoms with Gasteiger partial charge in [-0.15, -0.1) is 0 Å². The van der Waals surface area contributed by atoms with Crippen LogP contribution in [0.4, 0.5) is 4.39 Å². The van der Waals surface area contributed by atoms with Crippen LogP contribution in [0, 0.1) is 19.7 Å². The summed E-state index contributed by atoms with van der Waals surface area (Å²) in [6.07, 6.45) is 2.82. The molecule has 2 atom stereocenters. The van der Waals surface area contributed by atoms with Crippen molar-refractivity contribution in [3.05, 3.63) is 83.2 Å². The molecule has 2 aromatic heterocycles. The van der Waals surface area contributed by atoms with Gasteiger partial charge in [0.2, 0.25) is 0 Å². The number of aromatic nitrogens is 2. The van der Waals surface area contributed by atoms with Gasteiger partial charge in [0.15, 0.2) is 5.11 Å². The number of pyridine rings is 1. The molecule has 2 aliphatic rings. The predicted octanol–water partition coefficient (Wildman–Crippen LogP) is 4.32. The topological polar surface area (TPSA) is 45.6 Å². The Labute approximate surface area is 211 Å². The van der Waals surface area contributed by atoms with Crippen molar-refractivity contribution in [2.45, 2.75) is 32.4 Å². The van der Waals surface area contributed by atoms with E-state index in [0.29, 0.717) is 5.69 Å². The maximum atomic E-state index is 14.8. The molecule has 184 valence electrons. The quantitative estimate of drug-likeness (QED) is 0.495. The molecular weight excluding hydrogens is 461 g/mol. The van der Waals surface area contributed by atoms with Crippen molar-refractivity contribution < 1.29 is 9.13 Å². The predicted molar refractivity (Wildman–Crippen MR) is 139 cm³/mol. The smallest absolute Gasteiger partial charge is 0.170 e. The highest BCUT2D eigenvalue weighted by Crippen LogP contribution is 2.41. The Morgan fingerprint density at radius 2 is 1.86 bits per heavy atom. The van der Waals surface area contributed by atoms with Crippen molar-refractivity contribution in [2.24, 2.45) is 0 Å². The number of halogens is 1. The molecule has 0 spiro atoms. The molecule has 35 heavy (non-hydrogen) atoms. The molecule has 0 aliphatic carbocycles. The average molecular weight is 494 g/mol. The molecule has 0 saturated carbocycles. The first-order chi connectivity index (χ1) is 17.0. The lowest BCUT2D eigenvalue weighted by atomic mass is 9.96. The van der Waals surface area contributed by atoms with E-state index >= 15 is 0 Å². The van der Waals surface area contributed by atoms with Crippen molar-refractivity contribution in [3.63, 3.8) is 0 Å². The average Bonchev–Trinajstić information content (AvgIpc) is 3.35. The minimum Gasteiger partial charge on any atom is -0.379 e. The maximum Gasteiger partial charge on any atom is 0.170 e. The molecule has 2 aliphatic heterocycles. The summed E-state index contributed by atoms with van der Waals surface area (Å²) in [6, 6.07) is 15.0. The largest absolute Gasteiger partial charge is 0.379 e. The zero-order valence-electron chi connectivity index (χ0n) is 20.3. The highest BCUT2D eigenvalue weighted by atomic mass is 32.1. The van der Waals surface area contributed by atoms with Gasteiger partial charge in [0.1, 0.15) is 5.82 Å². The molecule has 1 N–H and O–H groups in total. The highest BCUT2D eigenvalue weighted by Gasteiger charge is 2.41. The Morgan fingerprint density at radius 3 is 2.60 bits per heavy atom. The van der Waals surface area contributed by atoms with Crippen molar-refractivity contribution in [1.82, 2.24) is 24.7 Å². The van der Waals surface area contributed by atoms with Crippen LogP contribution in [0.5, 0.6) is 0 Å². The zero-order chi connectivity index (χ0) is 24.4. The molecule has 0 radical (unpaired) electrons. The fraction of sp³-hybridized carbons (Fsp3) is 0.407. The van der Waals surface area contributed by atoms with E-state index < -0.39 is 0 Å². The number of nitrogens with one attached hydrogen (secondary N) is 1. The van der Waals surface area contributed by atoms with E-state index in [-0.39, 0.29) is 17.9 Å². The third-order valence-electron chi connectivity index (χ3n) is 7.06. The van der Waals surface area contributed by atoms with Crippen LogP contribution in [0.2, 0.25) is 0 Å². The Bertz CT molecular complexity index is 1180. The fourth-order valence-corrected chi connectivity index (χ4v) is 5.70. The highest BCUT2D eigenvalue weighted by molar-refractivity contribution is 7.80. The standard InChI is InChI=1S/C27H32FN5OS/c1-19-18-21(20(2)33(19)24-10-4-3-8-22(24)28)26-25(23-9-5-6-11-29-23)30-27(35)32(26)13-7-12-31-14-16-34-17-15-31/h3-6,8-11,18,25-26H,7,12-17H2,1-2H3,(H,30,35). The molecule has 0 bridgehead atoms. The molecule has 8 heteroatoms. The van der Waals surface area contributed by atoms with E-state index in [4.69, 9.17) is 17.0 Å². The van der Waals surface area contributed by atoms with Crippen LogP contribution < -0.4 is 5.32 Å². The molecule has 0 amide bonds. The first-order valence-electron chi connectivity index (χ1n) is 12.3. The minimum atomic E-state index is -0.232. The molecule has 2 saturated heterocycles. The summed E-state index contributed by atoms with van der Waals surface area (Å²) in [5, 5.41) is 4.28. The number of morpholine rings is 1. The lowest BCUT2D eigenvalue weighted by Gasteiger charge is -2.30. The second kappa shape index (κ2) is 10.4. The number of hydrogen-bond acceptors (Lipinski definition) is 4. The molecule has 5 rings (SSSR count). The van der Waals surface area contributed by atoms with Crippen LogP contribution in [0.1, 0.15) is 41.1 Å². The van der Waals surface area contributed by atoms with Gasteiger partial charge in [0.05, 0.1) is 36.7 Å². The third kappa shape index (κ3) is 4.83. The summed E-state index contributed by atoms with van der Waals surface area (Å²) >= 11 is 5.85. The van der Waals surface area contributed by atoms with E-state index in [1.165, 1.54) is 6.07 Å². The summed E-state index contributed by atoms with van der Waals surface area (Å²) in [5.74, 6) is -0.232. The number of aryl methyl sites for hydroxylation is 1. The van der Waals surface area contributed by atoms with Crippen molar-refractivity contribution >= 4 is 17.3 Å². The van der Waals surface area contributed by atoms with Gasteiger partial charge in [-0.1, -0.05) is 18.2 Å². The van der Waals surface area contributed by atoms with Crippen molar-refractivity contribution in [1.29, 1.82) is 0 Å². The molecule has 3 aromatic rings. The van der Waals surface area contributed by atoms with E-state index in [2.05, 4.69) is 33.1 Å². The Kier molecular flexibility index (Phi) is 7.13. The van der Waals surface area contributed by atoms with E-state index in [1.54, 1.807) is 6.07 Å². The Hall–Kier alpha value is -2.81. The van der Waals surface area contributed by atoms with Gasteiger partial charge in [0, 0.05) is 43.8 Å². The fourth-order valence-electron chi connectivity index (χ4n) is 5.37. The van der Waals surface area contributed by atoms with Gasteiger partial charge < -0.3 is 19.5 Å². The van der Waals surface area contributed by atoms with E-state index in [0.717, 1.165) is 73.6 Å². The normalized spacial score (nSPS) is 20.9. The molecular formula is C27H32FN5OS. The van der Waals surface area contributed by atoms with Crippen LogP contribution in [-0.2, 0) is 4.74 Å². The number of para-hydroxylation sites is 1. The van der Waals surface area contributed by atoms with Gasteiger partial charge in [-0.05, 0) is 68.4 Å². The second-order valence-electron chi connectivity index (χ2n) is 9.24. The van der Waals surface area contributed by atoms with Gasteiger partial charge >= 0.3 is 0 Å². The number of benzene rings is 1. The first-order valence-corrected chi connectivity index (χ1v) is 12.7. The lowest BCUT2D eigenvalue weighted by molar-refractivity contribution is 0.0365. The van der Waals surface area contributed by atoms with Crippen molar-refractivity contribution in [3.8, 4) is 5.69 Å².